The van der Waals surface area contributed by atoms with Crippen LogP contribution in [0.25, 0.3) is 0 Å². The van der Waals surface area contributed by atoms with Crippen LogP contribution in [-0.4, -0.2) is 0 Å². The minimum absolute atomic E-state index is 0.229. The van der Waals surface area contributed by atoms with E-state index >= 15 is 0 Å². The molecule has 2 N–H and O–H groups in total. The standard InChI is InChI=1S/C21H20F2N2/c1-15-10-20(24-13-16-4-2-6-18(22)11-16)8-9-21(15)25-14-17-5-3-7-19(23)12-17/h2-12,24-25H,13-14H2,1H3. The topological polar surface area (TPSA) is 24.1 Å². The first-order valence-corrected chi connectivity index (χ1v) is 8.17. The molecule has 3 aromatic rings. The molecule has 0 aliphatic carbocycles. The Morgan fingerprint density at radius 2 is 1.32 bits per heavy atom. The quantitative estimate of drug-likeness (QED) is 0.620. The maximum absolute atomic E-state index is 13.2. The lowest BCUT2D eigenvalue weighted by atomic mass is 10.1. The van der Waals surface area contributed by atoms with E-state index in [4.69, 9.17) is 0 Å². The molecular weight excluding hydrogens is 318 g/mol. The van der Waals surface area contributed by atoms with Crippen LogP contribution in [0, 0.1) is 18.6 Å². The number of hydrogen-bond donors (Lipinski definition) is 2. The fourth-order valence-corrected chi connectivity index (χ4v) is 2.67. The van der Waals surface area contributed by atoms with E-state index in [-0.39, 0.29) is 11.6 Å². The van der Waals surface area contributed by atoms with Crippen molar-refractivity contribution in [1.29, 1.82) is 0 Å². The van der Waals surface area contributed by atoms with Gasteiger partial charge in [-0.3, -0.25) is 0 Å². The summed E-state index contributed by atoms with van der Waals surface area (Å²) < 4.78 is 26.4. The second kappa shape index (κ2) is 7.79. The molecule has 128 valence electrons. The monoisotopic (exact) mass is 338 g/mol. The molecule has 0 heterocycles. The van der Waals surface area contributed by atoms with E-state index in [2.05, 4.69) is 10.6 Å². The van der Waals surface area contributed by atoms with Gasteiger partial charge in [-0.1, -0.05) is 24.3 Å². The first-order valence-electron chi connectivity index (χ1n) is 8.17. The van der Waals surface area contributed by atoms with E-state index in [1.807, 2.05) is 37.3 Å². The highest BCUT2D eigenvalue weighted by Crippen LogP contribution is 2.21. The first kappa shape index (κ1) is 17.0. The molecule has 0 atom stereocenters. The van der Waals surface area contributed by atoms with Gasteiger partial charge in [0.2, 0.25) is 0 Å². The van der Waals surface area contributed by atoms with Crippen LogP contribution in [0.1, 0.15) is 16.7 Å². The molecule has 25 heavy (non-hydrogen) atoms. The summed E-state index contributed by atoms with van der Waals surface area (Å²) >= 11 is 0. The van der Waals surface area contributed by atoms with E-state index < -0.39 is 0 Å². The van der Waals surface area contributed by atoms with E-state index in [0.717, 1.165) is 28.1 Å². The van der Waals surface area contributed by atoms with Crippen LogP contribution in [0.2, 0.25) is 0 Å². The van der Waals surface area contributed by atoms with Crippen LogP contribution in [0.15, 0.2) is 66.7 Å². The van der Waals surface area contributed by atoms with Gasteiger partial charge < -0.3 is 10.6 Å². The molecule has 3 aromatic carbocycles. The molecule has 0 fully saturated rings. The fourth-order valence-electron chi connectivity index (χ4n) is 2.67. The van der Waals surface area contributed by atoms with Gasteiger partial charge in [0, 0.05) is 24.5 Å². The van der Waals surface area contributed by atoms with Gasteiger partial charge in [-0.05, 0) is 66.1 Å². The molecule has 0 radical (unpaired) electrons. The van der Waals surface area contributed by atoms with Gasteiger partial charge in [-0.2, -0.15) is 0 Å². The molecular formula is C21H20F2N2. The van der Waals surface area contributed by atoms with Crippen molar-refractivity contribution in [2.75, 3.05) is 10.6 Å². The Balaban J connectivity index is 1.60. The lowest BCUT2D eigenvalue weighted by Crippen LogP contribution is -2.03. The van der Waals surface area contributed by atoms with E-state index in [1.54, 1.807) is 12.1 Å². The maximum Gasteiger partial charge on any atom is 0.123 e. The van der Waals surface area contributed by atoms with Gasteiger partial charge in [0.05, 0.1) is 0 Å². The lowest BCUT2D eigenvalue weighted by Gasteiger charge is -2.13. The van der Waals surface area contributed by atoms with Gasteiger partial charge in [0.15, 0.2) is 0 Å². The normalized spacial score (nSPS) is 10.5. The van der Waals surface area contributed by atoms with Crippen LogP contribution in [0.3, 0.4) is 0 Å². The molecule has 0 aromatic heterocycles. The zero-order chi connectivity index (χ0) is 17.6. The molecule has 0 spiro atoms. The molecule has 3 rings (SSSR count). The predicted molar refractivity (Wildman–Crippen MR) is 98.6 cm³/mol. The maximum atomic E-state index is 13.2. The average molecular weight is 338 g/mol. The molecule has 0 bridgehead atoms. The van der Waals surface area contributed by atoms with Gasteiger partial charge in [0.25, 0.3) is 0 Å². The number of aryl methyl sites for hydroxylation is 1. The van der Waals surface area contributed by atoms with E-state index in [9.17, 15) is 8.78 Å². The molecule has 2 nitrogen and oxygen atoms in total. The average Bonchev–Trinajstić information content (AvgIpc) is 2.59. The summed E-state index contributed by atoms with van der Waals surface area (Å²) in [4.78, 5) is 0. The van der Waals surface area contributed by atoms with Crippen molar-refractivity contribution in [2.45, 2.75) is 20.0 Å². The summed E-state index contributed by atoms with van der Waals surface area (Å²) in [6, 6.07) is 19.1. The van der Waals surface area contributed by atoms with E-state index in [1.165, 1.54) is 24.3 Å². The second-order valence-corrected chi connectivity index (χ2v) is 6.00. The molecule has 0 saturated carbocycles. The number of benzene rings is 3. The fraction of sp³-hybridized carbons (Fsp3) is 0.143. The molecule has 0 saturated heterocycles. The van der Waals surface area contributed by atoms with Crippen molar-refractivity contribution < 1.29 is 8.78 Å². The third kappa shape index (κ3) is 4.80. The van der Waals surface area contributed by atoms with Crippen LogP contribution in [0.5, 0.6) is 0 Å². The molecule has 0 aliphatic rings. The Labute approximate surface area is 146 Å². The Morgan fingerprint density at radius 3 is 1.88 bits per heavy atom. The zero-order valence-corrected chi connectivity index (χ0v) is 14.0. The summed E-state index contributed by atoms with van der Waals surface area (Å²) in [5.74, 6) is -0.458. The first-order chi connectivity index (χ1) is 12.1. The highest BCUT2D eigenvalue weighted by molar-refractivity contribution is 5.59. The minimum atomic E-state index is -0.229. The van der Waals surface area contributed by atoms with E-state index in [0.29, 0.717) is 13.1 Å². The zero-order valence-electron chi connectivity index (χ0n) is 14.0. The SMILES string of the molecule is Cc1cc(NCc2cccc(F)c2)ccc1NCc1cccc(F)c1. The van der Waals surface area contributed by atoms with Crippen LogP contribution < -0.4 is 10.6 Å². The largest absolute Gasteiger partial charge is 0.381 e. The minimum Gasteiger partial charge on any atom is -0.381 e. The van der Waals surface area contributed by atoms with Gasteiger partial charge in [-0.15, -0.1) is 0 Å². The van der Waals surface area contributed by atoms with Gasteiger partial charge >= 0.3 is 0 Å². The number of halogens is 2. The number of nitrogens with one attached hydrogen (secondary N) is 2. The van der Waals surface area contributed by atoms with Crippen molar-refractivity contribution in [1.82, 2.24) is 0 Å². The summed E-state index contributed by atoms with van der Waals surface area (Å²) in [6.45, 7) is 3.14. The molecule has 4 heteroatoms. The van der Waals surface area contributed by atoms with Crippen LogP contribution in [0.4, 0.5) is 20.2 Å². The Kier molecular flexibility index (Phi) is 5.29. The Morgan fingerprint density at radius 1 is 0.720 bits per heavy atom. The van der Waals surface area contributed by atoms with Crippen LogP contribution in [-0.2, 0) is 13.1 Å². The molecule has 0 unspecified atom stereocenters. The number of hydrogen-bond acceptors (Lipinski definition) is 2. The van der Waals surface area contributed by atoms with Crippen molar-refractivity contribution in [3.8, 4) is 0 Å². The van der Waals surface area contributed by atoms with Crippen LogP contribution >= 0.6 is 0 Å². The van der Waals surface area contributed by atoms with Crippen molar-refractivity contribution in [3.05, 3.63) is 95.1 Å². The third-order valence-electron chi connectivity index (χ3n) is 3.98. The van der Waals surface area contributed by atoms with Gasteiger partial charge in [0.1, 0.15) is 11.6 Å². The summed E-state index contributed by atoms with van der Waals surface area (Å²) in [5.41, 5.74) is 4.85. The van der Waals surface area contributed by atoms with Crippen molar-refractivity contribution >= 4 is 11.4 Å². The highest BCUT2D eigenvalue weighted by Gasteiger charge is 2.02. The predicted octanol–water partition coefficient (Wildman–Crippen LogP) is 5.50. The van der Waals surface area contributed by atoms with Crippen molar-refractivity contribution in [3.63, 3.8) is 0 Å². The number of anilines is 2. The third-order valence-corrected chi connectivity index (χ3v) is 3.98. The molecule has 0 amide bonds. The second-order valence-electron chi connectivity index (χ2n) is 6.00. The van der Waals surface area contributed by atoms with Gasteiger partial charge in [-0.25, -0.2) is 8.78 Å². The summed E-state index contributed by atoms with van der Waals surface area (Å²) in [7, 11) is 0. The van der Waals surface area contributed by atoms with Crippen molar-refractivity contribution in [2.24, 2.45) is 0 Å². The summed E-state index contributed by atoms with van der Waals surface area (Å²) in [6.07, 6.45) is 0. The Bertz CT molecular complexity index is 862. The number of rotatable bonds is 6. The lowest BCUT2D eigenvalue weighted by molar-refractivity contribution is 0.625. The highest BCUT2D eigenvalue weighted by atomic mass is 19.1. The summed E-state index contributed by atoms with van der Waals surface area (Å²) in [5, 5.41) is 6.61. The molecule has 0 aliphatic heterocycles. The smallest absolute Gasteiger partial charge is 0.123 e. The Hall–Kier alpha value is -2.88.